The summed E-state index contributed by atoms with van der Waals surface area (Å²) < 4.78 is 0. The van der Waals surface area contributed by atoms with Crippen molar-refractivity contribution in [1.29, 1.82) is 0 Å². The minimum atomic E-state index is -0.752. The van der Waals surface area contributed by atoms with Gasteiger partial charge < -0.3 is 5.73 Å². The zero-order chi connectivity index (χ0) is 9.03. The Labute approximate surface area is 77.7 Å². The summed E-state index contributed by atoms with van der Waals surface area (Å²) >= 11 is 0. The standard InChI is InChI=1S/C10H23NSi/c1-12(2)8-3-4-10(5-7-11)6-9-12/h10H,3-9,11H2,1-2H3. The third kappa shape index (κ3) is 3.28. The van der Waals surface area contributed by atoms with Crippen molar-refractivity contribution >= 4 is 8.07 Å². The van der Waals surface area contributed by atoms with Gasteiger partial charge in [-0.15, -0.1) is 0 Å². The maximum absolute atomic E-state index is 5.59. The Kier molecular flexibility index (Phi) is 3.78. The summed E-state index contributed by atoms with van der Waals surface area (Å²) in [6.07, 6.45) is 5.67. The zero-order valence-electron chi connectivity index (χ0n) is 8.60. The molecule has 0 saturated carbocycles. The Morgan fingerprint density at radius 2 is 2.00 bits per heavy atom. The largest absolute Gasteiger partial charge is 0.330 e. The first kappa shape index (κ1) is 10.3. The fourth-order valence-corrected chi connectivity index (χ4v) is 4.86. The highest BCUT2D eigenvalue weighted by atomic mass is 28.3. The third-order valence-corrected chi connectivity index (χ3v) is 6.62. The molecule has 0 aromatic rings. The lowest BCUT2D eigenvalue weighted by Gasteiger charge is -2.19. The molecule has 1 aliphatic rings. The summed E-state index contributed by atoms with van der Waals surface area (Å²) in [6.45, 7) is 5.97. The summed E-state index contributed by atoms with van der Waals surface area (Å²) in [4.78, 5) is 0. The molecule has 1 fully saturated rings. The van der Waals surface area contributed by atoms with Crippen LogP contribution >= 0.6 is 0 Å². The molecule has 0 spiro atoms. The van der Waals surface area contributed by atoms with Crippen molar-refractivity contribution in [2.24, 2.45) is 11.7 Å². The lowest BCUT2D eigenvalue weighted by atomic mass is 9.97. The van der Waals surface area contributed by atoms with Crippen LogP contribution in [0, 0.1) is 5.92 Å². The van der Waals surface area contributed by atoms with Crippen LogP contribution in [-0.4, -0.2) is 14.6 Å². The van der Waals surface area contributed by atoms with E-state index in [1.54, 1.807) is 6.04 Å². The molecule has 0 amide bonds. The summed E-state index contributed by atoms with van der Waals surface area (Å²) in [5.41, 5.74) is 5.59. The van der Waals surface area contributed by atoms with Gasteiger partial charge >= 0.3 is 0 Å². The van der Waals surface area contributed by atoms with Crippen LogP contribution in [0.4, 0.5) is 0 Å². The van der Waals surface area contributed by atoms with Crippen LogP contribution in [0.3, 0.4) is 0 Å². The maximum atomic E-state index is 5.59. The summed E-state index contributed by atoms with van der Waals surface area (Å²) in [6, 6.07) is 3.09. The fraction of sp³-hybridized carbons (Fsp3) is 1.00. The molecule has 12 heavy (non-hydrogen) atoms. The molecule has 1 saturated heterocycles. The van der Waals surface area contributed by atoms with E-state index >= 15 is 0 Å². The van der Waals surface area contributed by atoms with Crippen LogP contribution < -0.4 is 5.73 Å². The van der Waals surface area contributed by atoms with Crippen LogP contribution in [0.2, 0.25) is 25.2 Å². The first-order valence-corrected chi connectivity index (χ1v) is 8.75. The average Bonchev–Trinajstić information content (AvgIpc) is 2.14. The SMILES string of the molecule is C[Si]1(C)CCCC(CCN)CC1. The van der Waals surface area contributed by atoms with E-state index in [1.165, 1.54) is 31.7 Å². The Morgan fingerprint density at radius 1 is 1.25 bits per heavy atom. The minimum absolute atomic E-state index is 0.752. The topological polar surface area (TPSA) is 26.0 Å². The van der Waals surface area contributed by atoms with Crippen molar-refractivity contribution in [2.75, 3.05) is 6.54 Å². The number of nitrogens with two attached hydrogens (primary N) is 1. The van der Waals surface area contributed by atoms with E-state index in [-0.39, 0.29) is 0 Å². The molecule has 2 N–H and O–H groups in total. The van der Waals surface area contributed by atoms with Crippen LogP contribution in [0.15, 0.2) is 0 Å². The van der Waals surface area contributed by atoms with E-state index < -0.39 is 8.07 Å². The summed E-state index contributed by atoms with van der Waals surface area (Å²) in [5.74, 6) is 0.962. The molecule has 0 aromatic carbocycles. The smallest absolute Gasteiger partial charge is 0.0473 e. The summed E-state index contributed by atoms with van der Waals surface area (Å²) in [5, 5.41) is 0. The lowest BCUT2D eigenvalue weighted by molar-refractivity contribution is 0.446. The summed E-state index contributed by atoms with van der Waals surface area (Å²) in [7, 11) is -0.752. The van der Waals surface area contributed by atoms with Gasteiger partial charge in [0.2, 0.25) is 0 Å². The van der Waals surface area contributed by atoms with Crippen LogP contribution in [0.25, 0.3) is 0 Å². The van der Waals surface area contributed by atoms with Gasteiger partial charge in [-0.05, 0) is 18.9 Å². The Morgan fingerprint density at radius 3 is 2.67 bits per heavy atom. The predicted molar refractivity (Wildman–Crippen MR) is 58.1 cm³/mol. The molecule has 2 heteroatoms. The van der Waals surface area contributed by atoms with Crippen molar-refractivity contribution in [3.8, 4) is 0 Å². The molecule has 1 atom stereocenters. The highest BCUT2D eigenvalue weighted by molar-refractivity contribution is 6.77. The van der Waals surface area contributed by atoms with Gasteiger partial charge in [0, 0.05) is 8.07 Å². The maximum Gasteiger partial charge on any atom is 0.0473 e. The molecule has 1 unspecified atom stereocenters. The second kappa shape index (κ2) is 4.42. The van der Waals surface area contributed by atoms with Gasteiger partial charge in [0.15, 0.2) is 0 Å². The van der Waals surface area contributed by atoms with Crippen LogP contribution in [0.1, 0.15) is 25.7 Å². The van der Waals surface area contributed by atoms with Crippen molar-refractivity contribution in [2.45, 2.75) is 50.9 Å². The normalized spacial score (nSPS) is 29.8. The molecule has 0 aromatic heterocycles. The number of rotatable bonds is 2. The van der Waals surface area contributed by atoms with Gasteiger partial charge in [-0.2, -0.15) is 0 Å². The van der Waals surface area contributed by atoms with Gasteiger partial charge in [-0.25, -0.2) is 0 Å². The molecular weight excluding hydrogens is 162 g/mol. The van der Waals surface area contributed by atoms with E-state index in [1.807, 2.05) is 0 Å². The van der Waals surface area contributed by atoms with Gasteiger partial charge in [-0.3, -0.25) is 0 Å². The van der Waals surface area contributed by atoms with Gasteiger partial charge in [0.1, 0.15) is 0 Å². The van der Waals surface area contributed by atoms with Crippen molar-refractivity contribution in [3.63, 3.8) is 0 Å². The lowest BCUT2D eigenvalue weighted by Crippen LogP contribution is -2.23. The van der Waals surface area contributed by atoms with Crippen molar-refractivity contribution in [1.82, 2.24) is 0 Å². The quantitative estimate of drug-likeness (QED) is 0.658. The number of hydrogen-bond donors (Lipinski definition) is 1. The monoisotopic (exact) mass is 185 g/mol. The van der Waals surface area contributed by atoms with Gasteiger partial charge in [-0.1, -0.05) is 44.4 Å². The molecule has 0 radical (unpaired) electrons. The van der Waals surface area contributed by atoms with Crippen molar-refractivity contribution in [3.05, 3.63) is 0 Å². The molecule has 0 aliphatic carbocycles. The Balaban J connectivity index is 2.34. The highest BCUT2D eigenvalue weighted by Crippen LogP contribution is 2.31. The fourth-order valence-electron chi connectivity index (χ4n) is 2.26. The van der Waals surface area contributed by atoms with Crippen molar-refractivity contribution < 1.29 is 0 Å². The van der Waals surface area contributed by atoms with Crippen LogP contribution in [0.5, 0.6) is 0 Å². The van der Waals surface area contributed by atoms with E-state index in [0.717, 1.165) is 12.5 Å². The first-order valence-electron chi connectivity index (χ1n) is 5.34. The molecule has 1 rings (SSSR count). The van der Waals surface area contributed by atoms with E-state index in [2.05, 4.69) is 13.1 Å². The molecule has 72 valence electrons. The van der Waals surface area contributed by atoms with E-state index in [0.29, 0.717) is 0 Å². The molecule has 0 bridgehead atoms. The second-order valence-electron chi connectivity index (χ2n) is 5.04. The second-order valence-corrected chi connectivity index (χ2v) is 10.4. The molecule has 1 heterocycles. The Bertz CT molecular complexity index is 134. The van der Waals surface area contributed by atoms with E-state index in [9.17, 15) is 0 Å². The average molecular weight is 185 g/mol. The number of hydrogen-bond acceptors (Lipinski definition) is 1. The Hall–Kier alpha value is 0.177. The highest BCUT2D eigenvalue weighted by Gasteiger charge is 2.25. The first-order chi connectivity index (χ1) is 5.64. The predicted octanol–water partition coefficient (Wildman–Crippen LogP) is 2.84. The molecular formula is C10H23NSi. The van der Waals surface area contributed by atoms with Gasteiger partial charge in [0.05, 0.1) is 0 Å². The van der Waals surface area contributed by atoms with Crippen LogP contribution in [-0.2, 0) is 0 Å². The minimum Gasteiger partial charge on any atom is -0.330 e. The van der Waals surface area contributed by atoms with Gasteiger partial charge in [0.25, 0.3) is 0 Å². The molecule has 1 nitrogen and oxygen atoms in total. The van der Waals surface area contributed by atoms with E-state index in [4.69, 9.17) is 5.73 Å². The zero-order valence-corrected chi connectivity index (χ0v) is 9.60. The third-order valence-electron chi connectivity index (χ3n) is 3.27. The molecule has 1 aliphatic heterocycles.